The minimum atomic E-state index is 0.585. The van der Waals surface area contributed by atoms with E-state index in [1.807, 2.05) is 48.5 Å². The molecule has 10 aromatic rings. The van der Waals surface area contributed by atoms with Crippen LogP contribution in [0.2, 0.25) is 0 Å². The smallest absolute Gasteiger partial charge is 0.537 e. The van der Waals surface area contributed by atoms with Crippen LogP contribution in [0.4, 0.5) is 0 Å². The molecular weight excluding hydrogens is 843 g/mol. The molecule has 0 fully saturated rings. The first-order chi connectivity index (χ1) is 25.4. The topological polar surface area (TPSA) is 55.7 Å². The first kappa shape index (κ1) is 34.2. The summed E-state index contributed by atoms with van der Waals surface area (Å²) in [6.45, 7) is 0. The first-order valence-corrected chi connectivity index (χ1v) is 18.8. The molecule has 0 aliphatic rings. The fraction of sp³-hybridized carbons (Fsp3) is 0. The lowest BCUT2D eigenvalue weighted by Gasteiger charge is -2.05. The lowest BCUT2D eigenvalue weighted by Crippen LogP contribution is -1.98. The third-order valence-corrected chi connectivity index (χ3v) is 10.3. The summed E-state index contributed by atoms with van der Waals surface area (Å²) in [5.74, 6) is 0.585. The van der Waals surface area contributed by atoms with Gasteiger partial charge in [-0.25, -0.2) is 0 Å². The normalized spacial score (nSPS) is 11.1. The highest BCUT2D eigenvalue weighted by molar-refractivity contribution is 9.11. The van der Waals surface area contributed by atoms with Gasteiger partial charge in [0, 0.05) is 35.0 Å². The second-order valence-corrected chi connectivity index (χ2v) is 14.9. The number of rotatable bonds is 3. The highest BCUT2D eigenvalue weighted by atomic mass is 79.9. The molecule has 0 aliphatic heterocycles. The fourth-order valence-corrected chi connectivity index (χ4v) is 7.46. The van der Waals surface area contributed by atoms with E-state index in [9.17, 15) is 0 Å². The Morgan fingerprint density at radius 2 is 0.827 bits per heavy atom. The lowest BCUT2D eigenvalue weighted by atomic mass is 9.99. The van der Waals surface area contributed by atoms with Crippen LogP contribution >= 0.6 is 47.8 Å². The number of fused-ring (bicyclic) bond motifs is 8. The molecular formula is C44H27BBr3O4. The van der Waals surface area contributed by atoms with Crippen molar-refractivity contribution in [3.8, 4) is 16.9 Å². The third-order valence-electron chi connectivity index (χ3n) is 8.81. The largest absolute Gasteiger partial charge is 0.569 e. The van der Waals surface area contributed by atoms with E-state index in [4.69, 9.17) is 18.5 Å². The van der Waals surface area contributed by atoms with Crippen LogP contribution < -0.4 is 4.65 Å². The summed E-state index contributed by atoms with van der Waals surface area (Å²) < 4.78 is 19.9. The van der Waals surface area contributed by atoms with Gasteiger partial charge in [0.2, 0.25) is 0 Å². The van der Waals surface area contributed by atoms with Crippen molar-refractivity contribution in [2.24, 2.45) is 0 Å². The third kappa shape index (κ3) is 7.25. The van der Waals surface area contributed by atoms with Crippen LogP contribution in [0.15, 0.2) is 180 Å². The highest BCUT2D eigenvalue weighted by Crippen LogP contribution is 2.34. The van der Waals surface area contributed by atoms with Gasteiger partial charge in [-0.15, -0.1) is 0 Å². The number of halogens is 3. The molecule has 0 aliphatic carbocycles. The molecule has 1 radical (unpaired) electrons. The van der Waals surface area contributed by atoms with Gasteiger partial charge in [0.05, 0.1) is 0 Å². The van der Waals surface area contributed by atoms with Crippen LogP contribution in [-0.4, -0.2) is 12.7 Å². The molecule has 0 amide bonds. The minimum Gasteiger partial charge on any atom is -0.537 e. The van der Waals surface area contributed by atoms with Crippen molar-refractivity contribution < 1.29 is 18.5 Å². The summed E-state index contributed by atoms with van der Waals surface area (Å²) in [6, 6.07) is 53.3. The Morgan fingerprint density at radius 3 is 1.38 bits per heavy atom. The van der Waals surface area contributed by atoms with Gasteiger partial charge in [-0.3, -0.25) is 0 Å². The molecule has 251 valence electrons. The molecule has 0 unspecified atom stereocenters. The maximum Gasteiger partial charge on any atom is 0.569 e. The first-order valence-electron chi connectivity index (χ1n) is 16.4. The summed E-state index contributed by atoms with van der Waals surface area (Å²) in [5, 5.41) is 17.9. The van der Waals surface area contributed by atoms with Gasteiger partial charge >= 0.3 is 7.69 Å². The zero-order valence-electron chi connectivity index (χ0n) is 27.4. The van der Waals surface area contributed by atoms with Crippen molar-refractivity contribution in [3.63, 3.8) is 0 Å². The van der Waals surface area contributed by atoms with Crippen LogP contribution in [0.25, 0.3) is 76.5 Å². The summed E-state index contributed by atoms with van der Waals surface area (Å²) in [7, 11) is 0.670. The molecule has 0 saturated carbocycles. The van der Waals surface area contributed by atoms with E-state index >= 15 is 0 Å². The number of benzene rings is 8. The maximum absolute atomic E-state index is 8.58. The van der Waals surface area contributed by atoms with Crippen molar-refractivity contribution in [1.82, 2.24) is 0 Å². The number of para-hydroxylation sites is 2. The van der Waals surface area contributed by atoms with E-state index in [1.54, 1.807) is 6.07 Å². The molecule has 2 aromatic heterocycles. The Labute approximate surface area is 325 Å². The summed E-state index contributed by atoms with van der Waals surface area (Å²) in [5.41, 5.74) is 5.96. The van der Waals surface area contributed by atoms with Crippen molar-refractivity contribution >= 4 is 121 Å². The average Bonchev–Trinajstić information content (AvgIpc) is 3.73. The highest BCUT2D eigenvalue weighted by Gasteiger charge is 2.09. The summed E-state index contributed by atoms with van der Waals surface area (Å²) in [4.78, 5) is 0. The molecule has 8 heteroatoms. The Kier molecular flexibility index (Phi) is 9.89. The molecule has 52 heavy (non-hydrogen) atoms. The number of furan rings is 2. The van der Waals surface area contributed by atoms with Crippen LogP contribution in [0.5, 0.6) is 5.75 Å². The number of hydrogen-bond donors (Lipinski definition) is 1. The van der Waals surface area contributed by atoms with Crippen molar-refractivity contribution in [3.05, 3.63) is 171 Å². The van der Waals surface area contributed by atoms with Crippen LogP contribution in [-0.2, 0) is 0 Å². The van der Waals surface area contributed by atoms with Gasteiger partial charge in [-0.05, 0) is 118 Å². The molecule has 0 bridgehead atoms. The second kappa shape index (κ2) is 15.0. The van der Waals surface area contributed by atoms with Crippen molar-refractivity contribution in [1.29, 1.82) is 0 Å². The fourth-order valence-electron chi connectivity index (χ4n) is 6.33. The maximum atomic E-state index is 8.58. The zero-order chi connectivity index (χ0) is 35.6. The quantitative estimate of drug-likeness (QED) is 0.180. The van der Waals surface area contributed by atoms with Gasteiger partial charge < -0.3 is 18.5 Å². The van der Waals surface area contributed by atoms with Gasteiger partial charge in [0.1, 0.15) is 28.1 Å². The van der Waals surface area contributed by atoms with E-state index in [2.05, 4.69) is 151 Å². The van der Waals surface area contributed by atoms with Crippen LogP contribution in [0.1, 0.15) is 0 Å². The second-order valence-electron chi connectivity index (χ2n) is 12.1. The number of hydrogen-bond acceptors (Lipinski definition) is 4. The molecule has 10 rings (SSSR count). The monoisotopic (exact) mass is 867 g/mol. The predicted octanol–water partition coefficient (Wildman–Crippen LogP) is 14.0. The van der Waals surface area contributed by atoms with Gasteiger partial charge in [-0.2, -0.15) is 0 Å². The van der Waals surface area contributed by atoms with Gasteiger partial charge in [-0.1, -0.05) is 121 Å². The Hall–Kier alpha value is -4.86. The Morgan fingerprint density at radius 1 is 0.404 bits per heavy atom. The van der Waals surface area contributed by atoms with E-state index in [1.165, 1.54) is 43.4 Å². The van der Waals surface area contributed by atoms with Crippen LogP contribution in [0, 0.1) is 0 Å². The van der Waals surface area contributed by atoms with Crippen molar-refractivity contribution in [2.75, 3.05) is 0 Å². The van der Waals surface area contributed by atoms with Gasteiger partial charge in [0.25, 0.3) is 0 Å². The minimum absolute atomic E-state index is 0.585. The SMILES string of the molecule is Brc1ccc2cc(-c3ccc4oc5ccccc5c4c3)ccc2c1.Brc1ccc2cc(Br)ccc2c1.O[B]Oc1ccc2oc3ccccc3c2c1. The lowest BCUT2D eigenvalue weighted by molar-refractivity contribution is 0.454. The standard InChI is InChI=1S/C22H13BrO.C12H8BO3.C10H6Br2/c23-18-9-7-15-11-14(5-6-16(15)12-18)17-8-10-22-20(13-17)19-3-1-2-4-21(19)24-22;14-13-16-8-5-6-12-10(7-8)9-3-1-2-4-11(9)15-12;11-9-3-1-7-5-10(12)4-2-8(7)6-9/h1-13H;1-7,14H;1-6H. The van der Waals surface area contributed by atoms with E-state index in [0.29, 0.717) is 13.4 Å². The van der Waals surface area contributed by atoms with Crippen molar-refractivity contribution in [2.45, 2.75) is 0 Å². The molecule has 4 nitrogen and oxygen atoms in total. The summed E-state index contributed by atoms with van der Waals surface area (Å²) in [6.07, 6.45) is 0. The van der Waals surface area contributed by atoms with Crippen LogP contribution in [0.3, 0.4) is 0 Å². The predicted molar refractivity (Wildman–Crippen MR) is 226 cm³/mol. The van der Waals surface area contributed by atoms with E-state index < -0.39 is 0 Å². The van der Waals surface area contributed by atoms with Gasteiger partial charge in [0.15, 0.2) is 0 Å². The Bertz CT molecular complexity index is 2840. The average molecular weight is 870 g/mol. The summed E-state index contributed by atoms with van der Waals surface area (Å²) >= 11 is 10.4. The van der Waals surface area contributed by atoms with E-state index in [0.717, 1.165) is 46.5 Å². The molecule has 8 aromatic carbocycles. The molecule has 0 saturated heterocycles. The zero-order valence-corrected chi connectivity index (χ0v) is 32.2. The molecule has 0 atom stereocenters. The molecule has 1 N–H and O–H groups in total. The van der Waals surface area contributed by atoms with E-state index in [-0.39, 0.29) is 0 Å². The molecule has 2 heterocycles. The Balaban J connectivity index is 0.000000120. The molecule has 0 spiro atoms.